The van der Waals surface area contributed by atoms with Gasteiger partial charge in [-0.2, -0.15) is 0 Å². The molecule has 18 heavy (non-hydrogen) atoms. The minimum atomic E-state index is -0.782. The summed E-state index contributed by atoms with van der Waals surface area (Å²) in [4.78, 5) is 24.1. The van der Waals surface area contributed by atoms with E-state index in [2.05, 4.69) is 0 Å². The summed E-state index contributed by atoms with van der Waals surface area (Å²) in [5.74, 6) is -1.72. The van der Waals surface area contributed by atoms with Crippen LogP contribution in [0, 0.1) is 12.7 Å². The number of esters is 1. The van der Waals surface area contributed by atoms with Gasteiger partial charge in [-0.15, -0.1) is 0 Å². The van der Waals surface area contributed by atoms with E-state index in [1.165, 1.54) is 17.9 Å². The second-order valence-electron chi connectivity index (χ2n) is 4.04. The summed E-state index contributed by atoms with van der Waals surface area (Å²) in [5.41, 5.74) is 5.97. The van der Waals surface area contributed by atoms with Gasteiger partial charge in [-0.05, 0) is 19.1 Å². The second kappa shape index (κ2) is 5.48. The molecule has 0 aliphatic rings. The van der Waals surface area contributed by atoms with Crippen molar-refractivity contribution in [3.8, 4) is 0 Å². The fourth-order valence-electron chi connectivity index (χ4n) is 1.16. The van der Waals surface area contributed by atoms with E-state index >= 15 is 0 Å². The van der Waals surface area contributed by atoms with E-state index in [1.54, 1.807) is 14.1 Å². The van der Waals surface area contributed by atoms with Gasteiger partial charge in [-0.25, -0.2) is 9.18 Å². The monoisotopic (exact) mass is 254 g/mol. The number of likely N-dealkylation sites (N-methyl/N-ethyl adjacent to an activating group) is 1. The first-order valence-electron chi connectivity index (χ1n) is 5.25. The van der Waals surface area contributed by atoms with Gasteiger partial charge in [-0.3, -0.25) is 4.79 Å². The standard InChI is InChI=1S/C12H15FN2O3/c1-7-9(13)4-8(5-10(7)14)12(17)18-6-11(16)15(2)3/h4-5H,6,14H2,1-3H3. The van der Waals surface area contributed by atoms with Gasteiger partial charge in [-0.1, -0.05) is 0 Å². The topological polar surface area (TPSA) is 72.6 Å². The van der Waals surface area contributed by atoms with E-state index in [0.29, 0.717) is 0 Å². The van der Waals surface area contributed by atoms with Crippen LogP contribution in [-0.4, -0.2) is 37.5 Å². The number of ether oxygens (including phenoxy) is 1. The number of nitrogens with zero attached hydrogens (tertiary/aromatic N) is 1. The van der Waals surface area contributed by atoms with E-state index in [-0.39, 0.29) is 29.3 Å². The molecule has 0 unspecified atom stereocenters. The number of amides is 1. The number of anilines is 1. The fraction of sp³-hybridized carbons (Fsp3) is 0.333. The van der Waals surface area contributed by atoms with Gasteiger partial charge >= 0.3 is 5.97 Å². The van der Waals surface area contributed by atoms with Crippen LogP contribution in [0.15, 0.2) is 12.1 Å². The van der Waals surface area contributed by atoms with Crippen molar-refractivity contribution in [1.29, 1.82) is 0 Å². The van der Waals surface area contributed by atoms with Gasteiger partial charge in [0.2, 0.25) is 0 Å². The molecular formula is C12H15FN2O3. The number of nitrogens with two attached hydrogens (primary N) is 1. The smallest absolute Gasteiger partial charge is 0.338 e. The fourth-order valence-corrected chi connectivity index (χ4v) is 1.16. The normalized spacial score (nSPS) is 10.0. The zero-order valence-electron chi connectivity index (χ0n) is 10.5. The molecule has 1 aromatic rings. The van der Waals surface area contributed by atoms with Gasteiger partial charge in [0.1, 0.15) is 5.82 Å². The maximum Gasteiger partial charge on any atom is 0.338 e. The number of nitrogen functional groups attached to an aromatic ring is 1. The summed E-state index contributed by atoms with van der Waals surface area (Å²) >= 11 is 0. The maximum atomic E-state index is 13.4. The highest BCUT2D eigenvalue weighted by molar-refractivity contribution is 5.92. The van der Waals surface area contributed by atoms with E-state index in [9.17, 15) is 14.0 Å². The van der Waals surface area contributed by atoms with Crippen LogP contribution in [-0.2, 0) is 9.53 Å². The molecule has 0 aliphatic heterocycles. The Morgan fingerprint density at radius 1 is 1.39 bits per heavy atom. The Morgan fingerprint density at radius 3 is 2.50 bits per heavy atom. The molecule has 0 atom stereocenters. The molecule has 1 rings (SSSR count). The molecule has 0 aliphatic carbocycles. The van der Waals surface area contributed by atoms with Gasteiger partial charge in [0.25, 0.3) is 5.91 Å². The molecule has 0 fully saturated rings. The number of halogens is 1. The predicted molar refractivity (Wildman–Crippen MR) is 64.5 cm³/mol. The predicted octanol–water partition coefficient (Wildman–Crippen LogP) is 0.961. The lowest BCUT2D eigenvalue weighted by Gasteiger charge is -2.11. The van der Waals surface area contributed by atoms with Crippen LogP contribution < -0.4 is 5.73 Å². The molecule has 0 radical (unpaired) electrons. The molecule has 0 saturated carbocycles. The molecule has 0 bridgehead atoms. The first-order valence-corrected chi connectivity index (χ1v) is 5.25. The minimum Gasteiger partial charge on any atom is -0.452 e. The molecule has 6 heteroatoms. The van der Waals surface area contributed by atoms with Crippen LogP contribution in [0.4, 0.5) is 10.1 Å². The molecule has 0 saturated heterocycles. The molecule has 0 aromatic heterocycles. The second-order valence-corrected chi connectivity index (χ2v) is 4.04. The molecule has 5 nitrogen and oxygen atoms in total. The lowest BCUT2D eigenvalue weighted by Crippen LogP contribution is -2.27. The minimum absolute atomic E-state index is 0.0119. The average Bonchev–Trinajstić information content (AvgIpc) is 2.31. The van der Waals surface area contributed by atoms with Crippen molar-refractivity contribution in [3.63, 3.8) is 0 Å². The van der Waals surface area contributed by atoms with Crippen LogP contribution in [0.3, 0.4) is 0 Å². The molecule has 1 aromatic carbocycles. The highest BCUT2D eigenvalue weighted by atomic mass is 19.1. The Morgan fingerprint density at radius 2 is 2.00 bits per heavy atom. The summed E-state index contributed by atoms with van der Waals surface area (Å²) in [6, 6.07) is 2.36. The number of hydrogen-bond donors (Lipinski definition) is 1. The third-order valence-electron chi connectivity index (χ3n) is 2.45. The first-order chi connectivity index (χ1) is 8.32. The molecule has 0 heterocycles. The van der Waals surface area contributed by atoms with Crippen molar-refractivity contribution in [2.45, 2.75) is 6.92 Å². The lowest BCUT2D eigenvalue weighted by atomic mass is 10.1. The summed E-state index contributed by atoms with van der Waals surface area (Å²) in [7, 11) is 3.08. The quantitative estimate of drug-likeness (QED) is 0.644. The number of rotatable bonds is 3. The van der Waals surface area contributed by atoms with Crippen molar-refractivity contribution in [3.05, 3.63) is 29.1 Å². The average molecular weight is 254 g/mol. The number of carbonyl (C=O) groups excluding carboxylic acids is 2. The number of benzene rings is 1. The van der Waals surface area contributed by atoms with Crippen molar-refractivity contribution >= 4 is 17.6 Å². The Kier molecular flexibility index (Phi) is 4.25. The number of hydrogen-bond acceptors (Lipinski definition) is 4. The van der Waals surface area contributed by atoms with Crippen molar-refractivity contribution in [2.24, 2.45) is 0 Å². The van der Waals surface area contributed by atoms with E-state index in [4.69, 9.17) is 10.5 Å². The highest BCUT2D eigenvalue weighted by Gasteiger charge is 2.14. The molecular weight excluding hydrogens is 239 g/mol. The highest BCUT2D eigenvalue weighted by Crippen LogP contribution is 2.18. The summed E-state index contributed by atoms with van der Waals surface area (Å²) in [6.45, 7) is 1.12. The van der Waals surface area contributed by atoms with Crippen molar-refractivity contribution in [2.75, 3.05) is 26.4 Å². The zero-order valence-corrected chi connectivity index (χ0v) is 10.5. The number of carbonyl (C=O) groups is 2. The van der Waals surface area contributed by atoms with Crippen LogP contribution in [0.1, 0.15) is 15.9 Å². The van der Waals surface area contributed by atoms with E-state index in [0.717, 1.165) is 6.07 Å². The van der Waals surface area contributed by atoms with Gasteiger partial charge in [0.05, 0.1) is 5.56 Å². The maximum absolute atomic E-state index is 13.4. The Hall–Kier alpha value is -2.11. The van der Waals surface area contributed by atoms with Crippen molar-refractivity contribution < 1.29 is 18.7 Å². The molecule has 0 spiro atoms. The van der Waals surface area contributed by atoms with Crippen LogP contribution in [0.5, 0.6) is 0 Å². The third-order valence-corrected chi connectivity index (χ3v) is 2.45. The lowest BCUT2D eigenvalue weighted by molar-refractivity contribution is -0.131. The van der Waals surface area contributed by atoms with Crippen LogP contribution in [0.25, 0.3) is 0 Å². The summed E-state index contributed by atoms with van der Waals surface area (Å²) in [5, 5.41) is 0. The van der Waals surface area contributed by atoms with Gasteiger partial charge < -0.3 is 15.4 Å². The Balaban J connectivity index is 2.77. The Labute approximate surface area is 104 Å². The summed E-state index contributed by atoms with van der Waals surface area (Å²) in [6.07, 6.45) is 0. The SMILES string of the molecule is Cc1c(N)cc(C(=O)OCC(=O)N(C)C)cc1F. The molecule has 2 N–H and O–H groups in total. The van der Waals surface area contributed by atoms with Crippen LogP contribution >= 0.6 is 0 Å². The van der Waals surface area contributed by atoms with Crippen molar-refractivity contribution in [1.82, 2.24) is 4.90 Å². The van der Waals surface area contributed by atoms with Gasteiger partial charge in [0, 0.05) is 25.3 Å². The third kappa shape index (κ3) is 3.19. The zero-order chi connectivity index (χ0) is 13.9. The van der Waals surface area contributed by atoms with Crippen LogP contribution in [0.2, 0.25) is 0 Å². The largest absolute Gasteiger partial charge is 0.452 e. The van der Waals surface area contributed by atoms with Gasteiger partial charge in [0.15, 0.2) is 6.61 Å². The van der Waals surface area contributed by atoms with E-state index in [1.807, 2.05) is 0 Å². The Bertz CT molecular complexity index is 463. The molecule has 1 amide bonds. The van der Waals surface area contributed by atoms with E-state index < -0.39 is 11.8 Å². The first kappa shape index (κ1) is 14.0. The molecule has 98 valence electrons. The summed E-state index contributed by atoms with van der Waals surface area (Å²) < 4.78 is 18.1.